The SMILES string of the molecule is CC(=O)N[C@H](C(N)=O)C(=O)Nc1ccc(N2CCOCC2=O)cc1F. The van der Waals surface area contributed by atoms with E-state index in [-0.39, 0.29) is 24.7 Å². The zero-order valence-electron chi connectivity index (χ0n) is 13.4. The first-order valence-corrected chi connectivity index (χ1v) is 7.34. The van der Waals surface area contributed by atoms with Crippen LogP contribution in [0.3, 0.4) is 0 Å². The number of hydrogen-bond acceptors (Lipinski definition) is 5. The number of hydrogen-bond donors (Lipinski definition) is 3. The number of nitrogens with zero attached hydrogens (tertiary/aromatic N) is 1. The highest BCUT2D eigenvalue weighted by Crippen LogP contribution is 2.23. The van der Waals surface area contributed by atoms with E-state index < -0.39 is 29.6 Å². The van der Waals surface area contributed by atoms with Crippen molar-refractivity contribution in [2.45, 2.75) is 13.0 Å². The molecule has 0 aliphatic carbocycles. The van der Waals surface area contributed by atoms with Crippen molar-refractivity contribution in [3.05, 3.63) is 24.0 Å². The molecule has 4 N–H and O–H groups in total. The zero-order valence-corrected chi connectivity index (χ0v) is 13.4. The van der Waals surface area contributed by atoms with Crippen LogP contribution < -0.4 is 21.3 Å². The second kappa shape index (κ2) is 7.71. The third-order valence-corrected chi connectivity index (χ3v) is 3.40. The summed E-state index contributed by atoms with van der Waals surface area (Å²) < 4.78 is 19.2. The van der Waals surface area contributed by atoms with Crippen molar-refractivity contribution in [3.63, 3.8) is 0 Å². The summed E-state index contributed by atoms with van der Waals surface area (Å²) in [6, 6.07) is 2.14. The minimum absolute atomic E-state index is 0.0862. The van der Waals surface area contributed by atoms with Gasteiger partial charge in [0.25, 0.3) is 11.8 Å². The molecule has 10 heteroatoms. The summed E-state index contributed by atoms with van der Waals surface area (Å²) >= 11 is 0. The number of rotatable bonds is 5. The van der Waals surface area contributed by atoms with E-state index in [2.05, 4.69) is 10.6 Å². The van der Waals surface area contributed by atoms with Gasteiger partial charge >= 0.3 is 0 Å². The summed E-state index contributed by atoms with van der Waals surface area (Å²) in [5, 5.41) is 4.25. The van der Waals surface area contributed by atoms with Crippen LogP contribution in [-0.2, 0) is 23.9 Å². The molecule has 1 atom stereocenters. The van der Waals surface area contributed by atoms with Crippen LogP contribution in [0, 0.1) is 5.82 Å². The van der Waals surface area contributed by atoms with E-state index in [1.54, 1.807) is 0 Å². The minimum atomic E-state index is -1.63. The topological polar surface area (TPSA) is 131 Å². The van der Waals surface area contributed by atoms with Crippen LogP contribution in [0.1, 0.15) is 6.92 Å². The molecule has 1 heterocycles. The maximum atomic E-state index is 14.2. The van der Waals surface area contributed by atoms with E-state index in [4.69, 9.17) is 10.5 Å². The van der Waals surface area contributed by atoms with Gasteiger partial charge in [0.05, 0.1) is 12.3 Å². The molecule has 0 spiro atoms. The van der Waals surface area contributed by atoms with Gasteiger partial charge in [0, 0.05) is 19.2 Å². The second-order valence-electron chi connectivity index (χ2n) is 5.29. The number of nitrogens with one attached hydrogen (secondary N) is 2. The first-order chi connectivity index (χ1) is 11.8. The van der Waals surface area contributed by atoms with Crippen molar-refractivity contribution in [2.24, 2.45) is 5.73 Å². The van der Waals surface area contributed by atoms with Gasteiger partial charge in [0.15, 0.2) is 6.04 Å². The van der Waals surface area contributed by atoms with E-state index in [1.807, 2.05) is 0 Å². The van der Waals surface area contributed by atoms with Crippen molar-refractivity contribution in [3.8, 4) is 0 Å². The summed E-state index contributed by atoms with van der Waals surface area (Å²) in [7, 11) is 0. The maximum Gasteiger partial charge on any atom is 0.256 e. The van der Waals surface area contributed by atoms with Crippen molar-refractivity contribution in [2.75, 3.05) is 30.0 Å². The number of nitrogens with two attached hydrogens (primary N) is 1. The van der Waals surface area contributed by atoms with E-state index in [1.165, 1.54) is 17.0 Å². The van der Waals surface area contributed by atoms with E-state index in [0.29, 0.717) is 12.3 Å². The van der Waals surface area contributed by atoms with Gasteiger partial charge < -0.3 is 26.0 Å². The van der Waals surface area contributed by atoms with Crippen molar-refractivity contribution in [1.82, 2.24) is 5.32 Å². The second-order valence-corrected chi connectivity index (χ2v) is 5.29. The average molecular weight is 352 g/mol. The van der Waals surface area contributed by atoms with Gasteiger partial charge in [-0.1, -0.05) is 0 Å². The number of amides is 4. The van der Waals surface area contributed by atoms with Crippen LogP contribution in [0.4, 0.5) is 15.8 Å². The molecular formula is C15H17FN4O5. The Morgan fingerprint density at radius 2 is 2.08 bits per heavy atom. The Balaban J connectivity index is 2.14. The highest BCUT2D eigenvalue weighted by atomic mass is 19.1. The molecule has 1 saturated heterocycles. The molecule has 0 aromatic heterocycles. The summed E-state index contributed by atoms with van der Waals surface area (Å²) in [5.74, 6) is -3.81. The standard InChI is InChI=1S/C15H17FN4O5/c1-8(21)18-13(14(17)23)15(24)19-11-3-2-9(6-10(11)16)20-4-5-25-7-12(20)22/h2-3,6,13H,4-5,7H2,1H3,(H2,17,23)(H,18,21)(H,19,24)/t13-/m1/s1. The number of halogens is 1. The molecule has 0 radical (unpaired) electrons. The van der Waals surface area contributed by atoms with E-state index >= 15 is 0 Å². The molecule has 4 amide bonds. The summed E-state index contributed by atoms with van der Waals surface area (Å²) in [5.41, 5.74) is 5.15. The summed E-state index contributed by atoms with van der Waals surface area (Å²) in [6.45, 7) is 1.65. The lowest BCUT2D eigenvalue weighted by atomic mass is 10.2. The molecule has 0 saturated carbocycles. The van der Waals surface area contributed by atoms with E-state index in [9.17, 15) is 23.6 Å². The van der Waals surface area contributed by atoms with Crippen molar-refractivity contribution < 1.29 is 28.3 Å². The molecule has 25 heavy (non-hydrogen) atoms. The molecule has 9 nitrogen and oxygen atoms in total. The number of benzene rings is 1. The van der Waals surface area contributed by atoms with Crippen LogP contribution in [0.2, 0.25) is 0 Å². The smallest absolute Gasteiger partial charge is 0.256 e. The minimum Gasteiger partial charge on any atom is -0.370 e. The molecule has 1 aliphatic heterocycles. The molecule has 2 rings (SSSR count). The summed E-state index contributed by atoms with van der Waals surface area (Å²) in [6.07, 6.45) is 0. The number of ether oxygens (including phenoxy) is 1. The monoisotopic (exact) mass is 352 g/mol. The van der Waals surface area contributed by atoms with Crippen molar-refractivity contribution >= 4 is 35.0 Å². The highest BCUT2D eigenvalue weighted by Gasteiger charge is 2.26. The van der Waals surface area contributed by atoms with Gasteiger partial charge in [0.2, 0.25) is 11.8 Å². The Kier molecular flexibility index (Phi) is 5.65. The van der Waals surface area contributed by atoms with Gasteiger partial charge in [-0.3, -0.25) is 19.2 Å². The highest BCUT2D eigenvalue weighted by molar-refractivity contribution is 6.11. The normalized spacial score (nSPS) is 15.4. The molecule has 134 valence electrons. The fourth-order valence-corrected chi connectivity index (χ4v) is 2.24. The number of carbonyl (C=O) groups is 4. The lowest BCUT2D eigenvalue weighted by Crippen LogP contribution is -2.51. The Labute approximate surface area is 142 Å². The number of carbonyl (C=O) groups excluding carboxylic acids is 4. The average Bonchev–Trinajstić information content (AvgIpc) is 2.54. The molecule has 1 aromatic carbocycles. The molecular weight excluding hydrogens is 335 g/mol. The van der Waals surface area contributed by atoms with Gasteiger partial charge in [-0.25, -0.2) is 4.39 Å². The predicted molar refractivity (Wildman–Crippen MR) is 85.0 cm³/mol. The number of primary amides is 1. The third kappa shape index (κ3) is 4.51. The quantitative estimate of drug-likeness (QED) is 0.592. The Hall–Kier alpha value is -3.01. The largest absolute Gasteiger partial charge is 0.370 e. The third-order valence-electron chi connectivity index (χ3n) is 3.40. The van der Waals surface area contributed by atoms with Crippen LogP contribution in [0.25, 0.3) is 0 Å². The van der Waals surface area contributed by atoms with Crippen molar-refractivity contribution in [1.29, 1.82) is 0 Å². The number of anilines is 2. The lowest BCUT2D eigenvalue weighted by molar-refractivity contribution is -0.132. The van der Waals surface area contributed by atoms with Crippen LogP contribution in [-0.4, -0.2) is 49.4 Å². The fraction of sp³-hybridized carbons (Fsp3) is 0.333. The van der Waals surface area contributed by atoms with Crippen LogP contribution in [0.5, 0.6) is 0 Å². The van der Waals surface area contributed by atoms with E-state index in [0.717, 1.165) is 13.0 Å². The van der Waals surface area contributed by atoms with Crippen LogP contribution >= 0.6 is 0 Å². The lowest BCUT2D eigenvalue weighted by Gasteiger charge is -2.27. The first-order valence-electron chi connectivity index (χ1n) is 7.34. The molecule has 1 aliphatic rings. The van der Waals surface area contributed by atoms with Gasteiger partial charge in [0.1, 0.15) is 12.4 Å². The summed E-state index contributed by atoms with van der Waals surface area (Å²) in [4.78, 5) is 47.4. The molecule has 1 aromatic rings. The zero-order chi connectivity index (χ0) is 18.6. The molecule has 0 bridgehead atoms. The predicted octanol–water partition coefficient (Wildman–Crippen LogP) is -0.883. The molecule has 1 fully saturated rings. The maximum absolute atomic E-state index is 14.2. The van der Waals surface area contributed by atoms with Crippen LogP contribution in [0.15, 0.2) is 18.2 Å². The Morgan fingerprint density at radius 3 is 2.64 bits per heavy atom. The van der Waals surface area contributed by atoms with Gasteiger partial charge in [-0.05, 0) is 18.2 Å². The number of morpholine rings is 1. The Morgan fingerprint density at radius 1 is 1.36 bits per heavy atom. The van der Waals surface area contributed by atoms with Gasteiger partial charge in [-0.2, -0.15) is 0 Å². The first kappa shape index (κ1) is 18.3. The molecule has 0 unspecified atom stereocenters. The fourth-order valence-electron chi connectivity index (χ4n) is 2.24. The van der Waals surface area contributed by atoms with Gasteiger partial charge in [-0.15, -0.1) is 0 Å². The Bertz CT molecular complexity index is 724.